The second-order valence-electron chi connectivity index (χ2n) is 9.74. The summed E-state index contributed by atoms with van der Waals surface area (Å²) < 4.78 is 14.5. The molecule has 1 aliphatic carbocycles. The molecular weight excluding hydrogens is 443 g/mol. The van der Waals surface area contributed by atoms with Crippen LogP contribution in [0.5, 0.6) is 0 Å². The molecule has 0 heterocycles. The molecule has 192 valence electrons. The molecule has 0 aliphatic heterocycles. The fourth-order valence-corrected chi connectivity index (χ4v) is 4.26. The summed E-state index contributed by atoms with van der Waals surface area (Å²) in [6, 6.07) is 15.7. The zero-order valence-electron chi connectivity index (χ0n) is 23.2. The lowest BCUT2D eigenvalue weighted by molar-refractivity contribution is 0.125. The molecule has 36 heavy (non-hydrogen) atoms. The smallest absolute Gasteiger partial charge is 0.132 e. The summed E-state index contributed by atoms with van der Waals surface area (Å²) in [6.07, 6.45) is 11.6. The number of rotatable bonds is 6. The topological polar surface area (TPSA) is 38.4 Å². The summed E-state index contributed by atoms with van der Waals surface area (Å²) in [5, 5.41) is 0. The molecule has 3 heteroatoms. The normalized spacial score (nSPS) is 19.8. The lowest BCUT2D eigenvalue weighted by Gasteiger charge is -2.43. The SMILES string of the molecule is C#CC.C=C/C=C(C)\C(C(C)=NC1CC(C)(CC)C1)=C(\N)c1ccc(C)cc1F.Cc1ccccc1. The highest BCUT2D eigenvalue weighted by Gasteiger charge is 2.38. The van der Waals surface area contributed by atoms with E-state index in [0.29, 0.717) is 22.7 Å². The van der Waals surface area contributed by atoms with E-state index in [2.05, 4.69) is 51.8 Å². The molecule has 0 unspecified atom stereocenters. The van der Waals surface area contributed by atoms with Crippen molar-refractivity contribution in [1.82, 2.24) is 0 Å². The molecule has 0 bridgehead atoms. The summed E-state index contributed by atoms with van der Waals surface area (Å²) in [4.78, 5) is 4.90. The maximum Gasteiger partial charge on any atom is 0.132 e. The monoisotopic (exact) mass is 486 g/mol. The summed E-state index contributed by atoms with van der Waals surface area (Å²) in [5.74, 6) is 1.95. The standard InChI is InChI=1S/C23H31FN2.C7H8.C3H4/c1-7-9-16(4)21(17(5)26-18-13-23(6,8-2)14-18)22(25)19-11-10-15(3)12-20(19)24;1-7-5-3-2-4-6-7;1-3-2/h7,9-12,18H,1,8,13-14,25H2,2-6H3;2-6H,1H3;1H,2H3/b16-9-,22-21-,26-17?;;. The molecule has 1 fully saturated rings. The number of terminal acetylenes is 1. The van der Waals surface area contributed by atoms with Crippen LogP contribution in [0, 0.1) is 37.4 Å². The molecule has 0 spiro atoms. The van der Waals surface area contributed by atoms with E-state index >= 15 is 0 Å². The van der Waals surface area contributed by atoms with Crippen LogP contribution < -0.4 is 5.73 Å². The van der Waals surface area contributed by atoms with Gasteiger partial charge in [0.25, 0.3) is 0 Å². The van der Waals surface area contributed by atoms with Gasteiger partial charge in [0.1, 0.15) is 5.82 Å². The van der Waals surface area contributed by atoms with E-state index in [0.717, 1.165) is 35.3 Å². The van der Waals surface area contributed by atoms with Gasteiger partial charge in [-0.15, -0.1) is 12.3 Å². The van der Waals surface area contributed by atoms with Crippen LogP contribution in [0.3, 0.4) is 0 Å². The molecule has 2 aromatic carbocycles. The Morgan fingerprint density at radius 3 is 2.19 bits per heavy atom. The van der Waals surface area contributed by atoms with Crippen LogP contribution in [0.15, 0.2) is 83.4 Å². The van der Waals surface area contributed by atoms with Gasteiger partial charge in [0.05, 0.1) is 11.7 Å². The third-order valence-electron chi connectivity index (χ3n) is 6.44. The minimum atomic E-state index is -0.304. The Bertz CT molecular complexity index is 1120. The van der Waals surface area contributed by atoms with Crippen molar-refractivity contribution >= 4 is 11.4 Å². The quantitative estimate of drug-likeness (QED) is 0.248. The second kappa shape index (κ2) is 14.9. The number of nitrogens with zero attached hydrogens (tertiary/aromatic N) is 1. The number of aliphatic imine (C=N–C) groups is 1. The molecule has 0 amide bonds. The Labute approximate surface area is 218 Å². The highest BCUT2D eigenvalue weighted by Crippen LogP contribution is 2.45. The molecule has 1 saturated carbocycles. The molecule has 0 saturated heterocycles. The van der Waals surface area contributed by atoms with Crippen molar-refractivity contribution in [3.63, 3.8) is 0 Å². The molecule has 2 nitrogen and oxygen atoms in total. The number of hydrogen-bond acceptors (Lipinski definition) is 2. The van der Waals surface area contributed by atoms with E-state index in [1.165, 1.54) is 18.1 Å². The zero-order chi connectivity index (χ0) is 27.3. The van der Waals surface area contributed by atoms with Crippen molar-refractivity contribution < 1.29 is 4.39 Å². The molecule has 0 atom stereocenters. The van der Waals surface area contributed by atoms with Crippen LogP contribution >= 0.6 is 0 Å². The van der Waals surface area contributed by atoms with E-state index in [-0.39, 0.29) is 5.82 Å². The van der Waals surface area contributed by atoms with Crippen molar-refractivity contribution in [2.45, 2.75) is 73.8 Å². The first-order valence-electron chi connectivity index (χ1n) is 12.5. The van der Waals surface area contributed by atoms with Crippen molar-refractivity contribution in [3.8, 4) is 12.3 Å². The third-order valence-corrected chi connectivity index (χ3v) is 6.44. The first-order chi connectivity index (χ1) is 17.0. The maximum absolute atomic E-state index is 14.5. The van der Waals surface area contributed by atoms with Crippen molar-refractivity contribution in [3.05, 3.63) is 101 Å². The summed E-state index contributed by atoms with van der Waals surface area (Å²) >= 11 is 0. The summed E-state index contributed by atoms with van der Waals surface area (Å²) in [7, 11) is 0. The van der Waals surface area contributed by atoms with E-state index in [1.807, 2.05) is 51.1 Å². The van der Waals surface area contributed by atoms with E-state index < -0.39 is 0 Å². The number of hydrogen-bond donors (Lipinski definition) is 1. The van der Waals surface area contributed by atoms with Gasteiger partial charge in [-0.05, 0) is 76.1 Å². The third kappa shape index (κ3) is 9.34. The van der Waals surface area contributed by atoms with Crippen LogP contribution in [0.2, 0.25) is 0 Å². The Balaban J connectivity index is 0.000000540. The first kappa shape index (κ1) is 30.7. The number of benzene rings is 2. The highest BCUT2D eigenvalue weighted by molar-refractivity contribution is 6.08. The number of halogens is 1. The lowest BCUT2D eigenvalue weighted by atomic mass is 9.65. The fourth-order valence-electron chi connectivity index (χ4n) is 4.26. The van der Waals surface area contributed by atoms with E-state index in [1.54, 1.807) is 19.1 Å². The van der Waals surface area contributed by atoms with E-state index in [9.17, 15) is 4.39 Å². The first-order valence-corrected chi connectivity index (χ1v) is 12.5. The molecule has 3 rings (SSSR count). The largest absolute Gasteiger partial charge is 0.398 e. The minimum absolute atomic E-state index is 0.304. The van der Waals surface area contributed by atoms with Crippen LogP contribution in [0.4, 0.5) is 4.39 Å². The van der Waals surface area contributed by atoms with Gasteiger partial charge in [-0.3, -0.25) is 4.99 Å². The maximum atomic E-state index is 14.5. The Morgan fingerprint density at radius 1 is 1.17 bits per heavy atom. The van der Waals surface area contributed by atoms with Gasteiger partial charge in [0.15, 0.2) is 0 Å². The predicted octanol–water partition coefficient (Wildman–Crippen LogP) is 8.61. The van der Waals surface area contributed by atoms with Crippen molar-refractivity contribution in [1.29, 1.82) is 0 Å². The number of aryl methyl sites for hydroxylation is 2. The van der Waals surface area contributed by atoms with Crippen LogP contribution in [0.25, 0.3) is 5.70 Å². The highest BCUT2D eigenvalue weighted by atomic mass is 19.1. The Hall–Kier alpha value is -3.38. The van der Waals surface area contributed by atoms with Gasteiger partial charge < -0.3 is 5.73 Å². The van der Waals surface area contributed by atoms with Gasteiger partial charge in [0.2, 0.25) is 0 Å². The second-order valence-corrected chi connectivity index (χ2v) is 9.74. The molecule has 0 radical (unpaired) electrons. The molecule has 1 aliphatic rings. The van der Waals surface area contributed by atoms with Crippen LogP contribution in [0.1, 0.15) is 70.6 Å². The predicted molar refractivity (Wildman–Crippen MR) is 156 cm³/mol. The number of nitrogens with two attached hydrogens (primary N) is 1. The summed E-state index contributed by atoms with van der Waals surface area (Å²) in [5.41, 5.74) is 12.5. The van der Waals surface area contributed by atoms with Gasteiger partial charge >= 0.3 is 0 Å². The Morgan fingerprint density at radius 2 is 1.75 bits per heavy atom. The average molecular weight is 487 g/mol. The van der Waals surface area contributed by atoms with Crippen LogP contribution in [-0.2, 0) is 0 Å². The number of allylic oxidation sites excluding steroid dienone is 4. The average Bonchev–Trinajstić information content (AvgIpc) is 2.79. The van der Waals surface area contributed by atoms with Crippen molar-refractivity contribution in [2.75, 3.05) is 0 Å². The lowest BCUT2D eigenvalue weighted by Crippen LogP contribution is -2.37. The van der Waals surface area contributed by atoms with Crippen molar-refractivity contribution in [2.24, 2.45) is 16.1 Å². The fraction of sp³-hybridized carbons (Fsp3) is 0.364. The van der Waals surface area contributed by atoms with Crippen LogP contribution in [-0.4, -0.2) is 11.8 Å². The van der Waals surface area contributed by atoms with Gasteiger partial charge in [-0.1, -0.05) is 81.0 Å². The van der Waals surface area contributed by atoms with Gasteiger partial charge in [-0.2, -0.15) is 0 Å². The molecular formula is C33H43FN2. The minimum Gasteiger partial charge on any atom is -0.398 e. The summed E-state index contributed by atoms with van der Waals surface area (Å²) in [6.45, 7) is 17.8. The van der Waals surface area contributed by atoms with Gasteiger partial charge in [0, 0.05) is 16.8 Å². The molecule has 2 aromatic rings. The molecule has 2 N–H and O–H groups in total. The Kier molecular flexibility index (Phi) is 12.7. The van der Waals surface area contributed by atoms with Gasteiger partial charge in [-0.25, -0.2) is 4.39 Å². The van der Waals surface area contributed by atoms with E-state index in [4.69, 9.17) is 10.7 Å². The zero-order valence-corrected chi connectivity index (χ0v) is 23.2. The molecule has 0 aromatic heterocycles.